The summed E-state index contributed by atoms with van der Waals surface area (Å²) in [6.45, 7) is 17.6. The van der Waals surface area contributed by atoms with Crippen molar-refractivity contribution in [2.45, 2.75) is 52.7 Å². The molecule has 0 aromatic rings. The second kappa shape index (κ2) is 4.54. The normalized spacial score (nSPS) is 13.1. The van der Waals surface area contributed by atoms with Crippen LogP contribution >= 0.6 is 11.8 Å². The number of allylic oxidation sites excluding steroid dienone is 1. The van der Waals surface area contributed by atoms with E-state index in [1.54, 1.807) is 0 Å². The van der Waals surface area contributed by atoms with Crippen molar-refractivity contribution in [3.63, 3.8) is 0 Å². The van der Waals surface area contributed by atoms with Crippen LogP contribution in [-0.2, 0) is 0 Å². The molecule has 0 nitrogen and oxygen atoms in total. The topological polar surface area (TPSA) is 0 Å². The van der Waals surface area contributed by atoms with Crippen molar-refractivity contribution in [3.05, 3.63) is 12.2 Å². The molecule has 0 saturated heterocycles. The highest BCUT2D eigenvalue weighted by Crippen LogP contribution is 2.30. The van der Waals surface area contributed by atoms with E-state index in [0.29, 0.717) is 4.75 Å². The molecule has 78 valence electrons. The lowest BCUT2D eigenvalue weighted by Gasteiger charge is -2.23. The molecule has 0 aliphatic carbocycles. The molecule has 0 aromatic carbocycles. The van der Waals surface area contributed by atoms with Crippen LogP contribution in [0.3, 0.4) is 0 Å². The molecule has 0 aliphatic rings. The van der Waals surface area contributed by atoms with Gasteiger partial charge in [0.25, 0.3) is 0 Å². The van der Waals surface area contributed by atoms with E-state index in [1.807, 2.05) is 11.8 Å². The zero-order valence-corrected chi connectivity index (χ0v) is 10.8. The van der Waals surface area contributed by atoms with Gasteiger partial charge in [0.05, 0.1) is 0 Å². The number of hydrogen-bond donors (Lipinski definition) is 0. The van der Waals surface area contributed by atoms with Crippen LogP contribution in [-0.4, -0.2) is 10.5 Å². The van der Waals surface area contributed by atoms with Gasteiger partial charge in [-0.25, -0.2) is 0 Å². The second-order valence-corrected chi connectivity index (χ2v) is 7.49. The summed E-state index contributed by atoms with van der Waals surface area (Å²) in [5.74, 6) is 1.19. The predicted molar refractivity (Wildman–Crippen MR) is 65.4 cm³/mol. The maximum atomic E-state index is 4.13. The average Bonchev–Trinajstić information content (AvgIpc) is 1.82. The van der Waals surface area contributed by atoms with E-state index in [0.717, 1.165) is 6.42 Å². The summed E-state index contributed by atoms with van der Waals surface area (Å²) >= 11 is 2.02. The van der Waals surface area contributed by atoms with Crippen molar-refractivity contribution in [2.75, 3.05) is 5.75 Å². The lowest BCUT2D eigenvalue weighted by atomic mass is 9.86. The van der Waals surface area contributed by atoms with Crippen LogP contribution in [0.25, 0.3) is 0 Å². The second-order valence-electron chi connectivity index (χ2n) is 5.56. The molecule has 0 aromatic heterocycles. The smallest absolute Gasteiger partial charge is 0.00752 e. The Labute approximate surface area is 88.2 Å². The summed E-state index contributed by atoms with van der Waals surface area (Å²) < 4.78 is 0.387. The Kier molecular flexibility index (Phi) is 4.58. The Morgan fingerprint density at radius 2 is 1.54 bits per heavy atom. The van der Waals surface area contributed by atoms with Gasteiger partial charge in [-0.2, -0.15) is 11.8 Å². The average molecular weight is 200 g/mol. The maximum absolute atomic E-state index is 4.13. The van der Waals surface area contributed by atoms with Gasteiger partial charge < -0.3 is 0 Å². The Balaban J connectivity index is 3.74. The third kappa shape index (κ3) is 7.18. The first-order chi connectivity index (χ1) is 5.63. The summed E-state index contributed by atoms with van der Waals surface area (Å²) in [6.07, 6.45) is 1.14. The van der Waals surface area contributed by atoms with Gasteiger partial charge in [-0.3, -0.25) is 0 Å². The first-order valence-corrected chi connectivity index (χ1v) is 5.94. The van der Waals surface area contributed by atoms with Crippen molar-refractivity contribution in [1.82, 2.24) is 0 Å². The zero-order chi connectivity index (χ0) is 10.7. The molecule has 13 heavy (non-hydrogen) atoms. The van der Waals surface area contributed by atoms with Gasteiger partial charge in [0.1, 0.15) is 0 Å². The highest BCUT2D eigenvalue weighted by Gasteiger charge is 2.16. The van der Waals surface area contributed by atoms with E-state index in [2.05, 4.69) is 48.1 Å². The van der Waals surface area contributed by atoms with Crippen molar-refractivity contribution < 1.29 is 0 Å². The minimum absolute atomic E-state index is 0.276. The first-order valence-electron chi connectivity index (χ1n) is 4.95. The van der Waals surface area contributed by atoms with E-state index < -0.39 is 0 Å². The largest absolute Gasteiger partial charge is 0.156 e. The fraction of sp³-hybridized carbons (Fsp3) is 0.833. The Morgan fingerprint density at radius 1 is 1.08 bits per heavy atom. The highest BCUT2D eigenvalue weighted by molar-refractivity contribution is 8.00. The SMILES string of the molecule is C=C(CCSC(C)(C)C)C(C)(C)C. The van der Waals surface area contributed by atoms with Crippen molar-refractivity contribution >= 4 is 11.8 Å². The van der Waals surface area contributed by atoms with Crippen LogP contribution in [0.1, 0.15) is 48.0 Å². The summed E-state index contributed by atoms with van der Waals surface area (Å²) in [6, 6.07) is 0. The van der Waals surface area contributed by atoms with Gasteiger partial charge in [0, 0.05) is 4.75 Å². The zero-order valence-electron chi connectivity index (χ0n) is 10.0. The van der Waals surface area contributed by atoms with Crippen LogP contribution in [0, 0.1) is 5.41 Å². The molecular weight excluding hydrogens is 176 g/mol. The first kappa shape index (κ1) is 13.1. The fourth-order valence-corrected chi connectivity index (χ4v) is 1.82. The minimum atomic E-state index is 0.276. The maximum Gasteiger partial charge on any atom is 0.00752 e. The van der Waals surface area contributed by atoms with Crippen LogP contribution in [0.4, 0.5) is 0 Å². The Morgan fingerprint density at radius 3 is 1.85 bits per heavy atom. The number of rotatable bonds is 3. The van der Waals surface area contributed by atoms with Crippen LogP contribution in [0.5, 0.6) is 0 Å². The van der Waals surface area contributed by atoms with E-state index in [-0.39, 0.29) is 5.41 Å². The van der Waals surface area contributed by atoms with Gasteiger partial charge in [-0.15, -0.1) is 0 Å². The molecule has 0 unspecified atom stereocenters. The van der Waals surface area contributed by atoms with E-state index in [4.69, 9.17) is 0 Å². The molecule has 0 spiro atoms. The van der Waals surface area contributed by atoms with E-state index in [9.17, 15) is 0 Å². The monoisotopic (exact) mass is 200 g/mol. The number of hydrogen-bond acceptors (Lipinski definition) is 1. The highest BCUT2D eigenvalue weighted by atomic mass is 32.2. The molecule has 0 heterocycles. The summed E-state index contributed by atoms with van der Waals surface area (Å²) in [7, 11) is 0. The van der Waals surface area contributed by atoms with E-state index in [1.165, 1.54) is 11.3 Å². The molecule has 0 fully saturated rings. The predicted octanol–water partition coefficient (Wildman–Crippen LogP) is 4.51. The van der Waals surface area contributed by atoms with Gasteiger partial charge in [-0.05, 0) is 17.6 Å². The quantitative estimate of drug-likeness (QED) is 0.604. The third-order valence-corrected chi connectivity index (χ3v) is 3.27. The van der Waals surface area contributed by atoms with Crippen LogP contribution in [0.2, 0.25) is 0 Å². The van der Waals surface area contributed by atoms with Gasteiger partial charge >= 0.3 is 0 Å². The van der Waals surface area contributed by atoms with E-state index >= 15 is 0 Å². The van der Waals surface area contributed by atoms with Crippen molar-refractivity contribution in [2.24, 2.45) is 5.41 Å². The van der Waals surface area contributed by atoms with Gasteiger partial charge in [0.15, 0.2) is 0 Å². The summed E-state index contributed by atoms with van der Waals surface area (Å²) in [4.78, 5) is 0. The lowest BCUT2D eigenvalue weighted by molar-refractivity contribution is 0.491. The Hall–Kier alpha value is 0.0900. The molecule has 0 aliphatic heterocycles. The molecule has 1 heteroatoms. The molecule has 0 atom stereocenters. The van der Waals surface area contributed by atoms with Crippen LogP contribution in [0.15, 0.2) is 12.2 Å². The summed E-state index contributed by atoms with van der Waals surface area (Å²) in [5, 5.41) is 0. The molecule has 0 rings (SSSR count). The molecule has 0 saturated carbocycles. The standard InChI is InChI=1S/C12H24S/c1-10(11(2,3)4)8-9-13-12(5,6)7/h1,8-9H2,2-7H3. The van der Waals surface area contributed by atoms with Gasteiger partial charge in [-0.1, -0.05) is 53.7 Å². The Bertz CT molecular complexity index is 167. The van der Waals surface area contributed by atoms with Gasteiger partial charge in [0.2, 0.25) is 0 Å². The van der Waals surface area contributed by atoms with Crippen LogP contribution < -0.4 is 0 Å². The number of thioether (sulfide) groups is 1. The van der Waals surface area contributed by atoms with Crippen molar-refractivity contribution in [1.29, 1.82) is 0 Å². The molecular formula is C12H24S. The fourth-order valence-electron chi connectivity index (χ4n) is 0.855. The molecule has 0 bridgehead atoms. The molecule has 0 radical (unpaired) electrons. The molecule has 0 N–H and O–H groups in total. The third-order valence-electron chi connectivity index (χ3n) is 2.00. The molecule has 0 amide bonds. The van der Waals surface area contributed by atoms with Crippen molar-refractivity contribution in [3.8, 4) is 0 Å². The summed E-state index contributed by atoms with van der Waals surface area (Å²) in [5.41, 5.74) is 1.64. The lowest BCUT2D eigenvalue weighted by Crippen LogP contribution is -2.12. The minimum Gasteiger partial charge on any atom is -0.156 e.